The highest BCUT2D eigenvalue weighted by molar-refractivity contribution is 5.87. The van der Waals surface area contributed by atoms with E-state index in [2.05, 4.69) is 10.1 Å². The van der Waals surface area contributed by atoms with E-state index in [0.717, 1.165) is 5.56 Å². The van der Waals surface area contributed by atoms with Gasteiger partial charge in [0.15, 0.2) is 0 Å². The monoisotopic (exact) mass is 250 g/mol. The van der Waals surface area contributed by atoms with Crippen LogP contribution in [0.25, 0.3) is 0 Å². The molecule has 5 heteroatoms. The van der Waals surface area contributed by atoms with Crippen LogP contribution >= 0.6 is 0 Å². The van der Waals surface area contributed by atoms with Gasteiger partial charge in [0, 0.05) is 0 Å². The fourth-order valence-electron chi connectivity index (χ4n) is 1.52. The molecule has 0 aliphatic carbocycles. The van der Waals surface area contributed by atoms with Crippen molar-refractivity contribution in [3.63, 3.8) is 0 Å². The van der Waals surface area contributed by atoms with Gasteiger partial charge in [0.25, 0.3) is 0 Å². The van der Waals surface area contributed by atoms with E-state index in [9.17, 15) is 9.59 Å². The van der Waals surface area contributed by atoms with Gasteiger partial charge in [0.05, 0.1) is 13.2 Å². The largest absolute Gasteiger partial charge is 0.467 e. The number of hydrogen-bond acceptors (Lipinski definition) is 4. The number of hydrogen-bond donors (Lipinski definition) is 2. The minimum atomic E-state index is -0.690. The normalized spacial score (nSPS) is 13.5. The molecule has 0 heterocycles. The minimum Gasteiger partial charge on any atom is -0.467 e. The molecule has 1 aromatic carbocycles. The zero-order chi connectivity index (χ0) is 13.5. The van der Waals surface area contributed by atoms with Crippen molar-refractivity contribution in [3.8, 4) is 0 Å². The van der Waals surface area contributed by atoms with Crippen molar-refractivity contribution in [1.29, 1.82) is 0 Å². The number of esters is 1. The molecule has 5 nitrogen and oxygen atoms in total. The van der Waals surface area contributed by atoms with Crippen molar-refractivity contribution >= 4 is 11.9 Å². The van der Waals surface area contributed by atoms with E-state index in [1.54, 1.807) is 6.92 Å². The van der Waals surface area contributed by atoms with E-state index in [1.807, 2.05) is 30.3 Å². The molecular weight excluding hydrogens is 232 g/mol. The number of carbonyl (C=O) groups excluding carboxylic acids is 2. The summed E-state index contributed by atoms with van der Waals surface area (Å²) in [5, 5.41) is 2.51. The summed E-state index contributed by atoms with van der Waals surface area (Å²) in [6, 6.07) is 8.10. The third kappa shape index (κ3) is 4.18. The maximum Gasteiger partial charge on any atom is 0.328 e. The number of benzene rings is 1. The molecule has 0 bridgehead atoms. The van der Waals surface area contributed by atoms with Gasteiger partial charge in [0.2, 0.25) is 5.91 Å². The molecule has 0 aliphatic heterocycles. The maximum atomic E-state index is 11.7. The number of carbonyl (C=O) groups is 2. The molecule has 0 fully saturated rings. The summed E-state index contributed by atoms with van der Waals surface area (Å²) < 4.78 is 4.52. The van der Waals surface area contributed by atoms with Crippen molar-refractivity contribution in [2.75, 3.05) is 7.11 Å². The Hall–Kier alpha value is -1.88. The molecule has 0 radical (unpaired) electrons. The van der Waals surface area contributed by atoms with Gasteiger partial charge in [-0.05, 0) is 18.9 Å². The minimum absolute atomic E-state index is 0.364. The van der Waals surface area contributed by atoms with E-state index in [0.29, 0.717) is 6.42 Å². The Morgan fingerprint density at radius 2 is 1.94 bits per heavy atom. The first kappa shape index (κ1) is 14.2. The highest BCUT2D eigenvalue weighted by atomic mass is 16.5. The third-order valence-corrected chi connectivity index (χ3v) is 2.55. The van der Waals surface area contributed by atoms with Gasteiger partial charge in [-0.3, -0.25) is 4.79 Å². The van der Waals surface area contributed by atoms with Crippen LogP contribution in [0.1, 0.15) is 12.5 Å². The Kier molecular flexibility index (Phi) is 5.32. The number of nitrogens with one attached hydrogen (secondary N) is 1. The Bertz CT molecular complexity index is 406. The number of nitrogens with two attached hydrogens (primary N) is 1. The lowest BCUT2D eigenvalue weighted by Gasteiger charge is -2.15. The first-order chi connectivity index (χ1) is 8.54. The van der Waals surface area contributed by atoms with E-state index in [1.165, 1.54) is 7.11 Å². The molecule has 0 spiro atoms. The average Bonchev–Trinajstić information content (AvgIpc) is 2.38. The summed E-state index contributed by atoms with van der Waals surface area (Å²) in [4.78, 5) is 22.9. The smallest absolute Gasteiger partial charge is 0.328 e. The van der Waals surface area contributed by atoms with Gasteiger partial charge in [-0.1, -0.05) is 30.3 Å². The molecule has 18 heavy (non-hydrogen) atoms. The molecule has 0 saturated heterocycles. The second-order valence-corrected chi connectivity index (χ2v) is 4.05. The molecule has 0 aliphatic rings. The molecule has 1 aromatic rings. The van der Waals surface area contributed by atoms with Crippen LogP contribution in [0.2, 0.25) is 0 Å². The van der Waals surface area contributed by atoms with Gasteiger partial charge in [0.1, 0.15) is 6.04 Å². The number of amides is 1. The lowest BCUT2D eigenvalue weighted by atomic mass is 10.1. The van der Waals surface area contributed by atoms with Crippen LogP contribution in [-0.4, -0.2) is 31.1 Å². The van der Waals surface area contributed by atoms with Crippen LogP contribution in [0, 0.1) is 0 Å². The van der Waals surface area contributed by atoms with Crippen LogP contribution in [0.5, 0.6) is 0 Å². The molecule has 0 unspecified atom stereocenters. The highest BCUT2D eigenvalue weighted by Crippen LogP contribution is 2.02. The second-order valence-electron chi connectivity index (χ2n) is 4.05. The van der Waals surface area contributed by atoms with Gasteiger partial charge < -0.3 is 15.8 Å². The standard InChI is InChI=1S/C13H18N2O3/c1-9(13(17)18-2)15-12(16)11(14)8-10-6-4-3-5-7-10/h3-7,9,11H,8,14H2,1-2H3,(H,15,16)/t9-,11-/m1/s1. The lowest BCUT2D eigenvalue weighted by molar-refractivity contribution is -0.144. The van der Waals surface area contributed by atoms with E-state index >= 15 is 0 Å². The zero-order valence-electron chi connectivity index (χ0n) is 10.6. The molecular formula is C13H18N2O3. The van der Waals surface area contributed by atoms with Crippen LogP contribution in [-0.2, 0) is 20.7 Å². The Morgan fingerprint density at radius 3 is 2.50 bits per heavy atom. The quantitative estimate of drug-likeness (QED) is 0.733. The van der Waals surface area contributed by atoms with Crippen molar-refractivity contribution in [3.05, 3.63) is 35.9 Å². The predicted octanol–water partition coefficient (Wildman–Crippen LogP) is 0.234. The van der Waals surface area contributed by atoms with Gasteiger partial charge >= 0.3 is 5.97 Å². The Labute approximate surface area is 106 Å². The molecule has 1 rings (SSSR count). The summed E-state index contributed by atoms with van der Waals surface area (Å²) in [5.74, 6) is -0.855. The van der Waals surface area contributed by atoms with Gasteiger partial charge in [-0.15, -0.1) is 0 Å². The van der Waals surface area contributed by atoms with E-state index < -0.39 is 18.1 Å². The lowest BCUT2D eigenvalue weighted by Crippen LogP contribution is -2.48. The first-order valence-electron chi connectivity index (χ1n) is 5.72. The summed E-state index contributed by atoms with van der Waals surface area (Å²) in [6.45, 7) is 1.55. The number of rotatable bonds is 5. The average molecular weight is 250 g/mol. The summed E-state index contributed by atoms with van der Waals surface area (Å²) in [7, 11) is 1.27. The van der Waals surface area contributed by atoms with Crippen LogP contribution < -0.4 is 11.1 Å². The Balaban J connectivity index is 2.49. The fraction of sp³-hybridized carbons (Fsp3) is 0.385. The third-order valence-electron chi connectivity index (χ3n) is 2.55. The van der Waals surface area contributed by atoms with Gasteiger partial charge in [-0.2, -0.15) is 0 Å². The summed E-state index contributed by atoms with van der Waals surface area (Å²) >= 11 is 0. The van der Waals surface area contributed by atoms with Gasteiger partial charge in [-0.25, -0.2) is 4.79 Å². The highest BCUT2D eigenvalue weighted by Gasteiger charge is 2.20. The number of methoxy groups -OCH3 is 1. The van der Waals surface area contributed by atoms with Crippen molar-refractivity contribution in [2.24, 2.45) is 5.73 Å². The maximum absolute atomic E-state index is 11.7. The fourth-order valence-corrected chi connectivity index (χ4v) is 1.52. The summed E-state index contributed by atoms with van der Waals surface area (Å²) in [5.41, 5.74) is 6.75. The van der Waals surface area contributed by atoms with Crippen molar-refractivity contribution < 1.29 is 14.3 Å². The molecule has 0 saturated carbocycles. The van der Waals surface area contributed by atoms with Crippen LogP contribution in [0.15, 0.2) is 30.3 Å². The summed E-state index contributed by atoms with van der Waals surface area (Å²) in [6.07, 6.45) is 0.431. The van der Waals surface area contributed by atoms with Crippen LogP contribution in [0.3, 0.4) is 0 Å². The van der Waals surface area contributed by atoms with E-state index in [4.69, 9.17) is 5.73 Å². The number of ether oxygens (including phenoxy) is 1. The molecule has 3 N–H and O–H groups in total. The van der Waals surface area contributed by atoms with Crippen LogP contribution in [0.4, 0.5) is 0 Å². The molecule has 2 atom stereocenters. The predicted molar refractivity (Wildman–Crippen MR) is 67.7 cm³/mol. The van der Waals surface area contributed by atoms with E-state index in [-0.39, 0.29) is 5.91 Å². The first-order valence-corrected chi connectivity index (χ1v) is 5.72. The van der Waals surface area contributed by atoms with Crippen molar-refractivity contribution in [1.82, 2.24) is 5.32 Å². The second kappa shape index (κ2) is 6.76. The van der Waals surface area contributed by atoms with Crippen molar-refractivity contribution in [2.45, 2.75) is 25.4 Å². The Morgan fingerprint density at radius 1 is 1.33 bits per heavy atom. The molecule has 1 amide bonds. The molecule has 98 valence electrons. The topological polar surface area (TPSA) is 81.4 Å². The SMILES string of the molecule is COC(=O)[C@@H](C)NC(=O)[C@H](N)Cc1ccccc1. The molecule has 0 aromatic heterocycles. The zero-order valence-corrected chi connectivity index (χ0v) is 10.6.